The molecule has 0 spiro atoms. The molecule has 0 aliphatic carbocycles. The predicted molar refractivity (Wildman–Crippen MR) is 168 cm³/mol. The summed E-state index contributed by atoms with van der Waals surface area (Å²) in [6.45, 7) is 9.27. The molecule has 43 heavy (non-hydrogen) atoms. The average Bonchev–Trinajstić information content (AvgIpc) is 3.57. The molecular formula is C30H32ClN7O4S. The number of fused-ring (bicyclic) bond motifs is 2. The molecule has 0 aliphatic heterocycles. The Morgan fingerprint density at radius 1 is 1.05 bits per heavy atom. The van der Waals surface area contributed by atoms with Gasteiger partial charge in [0.15, 0.2) is 5.82 Å². The molecule has 0 unspecified atom stereocenters. The molecule has 5 aromatic rings. The second-order valence-corrected chi connectivity index (χ2v) is 12.6. The molecule has 3 heterocycles. The third kappa shape index (κ3) is 7.15. The number of nitrogens with one attached hydrogen (secondary N) is 3. The molecule has 2 aromatic carbocycles. The lowest BCUT2D eigenvalue weighted by Crippen LogP contribution is -2.55. The van der Waals surface area contributed by atoms with Crippen LogP contribution in [0.5, 0.6) is 11.5 Å². The molecule has 0 saturated heterocycles. The van der Waals surface area contributed by atoms with Crippen molar-refractivity contribution in [3.05, 3.63) is 66.2 Å². The summed E-state index contributed by atoms with van der Waals surface area (Å²) < 4.78 is 18.6. The number of halogens is 1. The van der Waals surface area contributed by atoms with E-state index in [1.807, 2.05) is 41.1 Å². The number of alkyl carbamates (subject to hydrolysis) is 1. The number of hydrogen-bond donors (Lipinski definition) is 3. The minimum Gasteiger partial charge on any atom is -0.455 e. The number of carbonyl (C=O) groups excluding carboxylic acids is 2. The summed E-state index contributed by atoms with van der Waals surface area (Å²) in [7, 11) is 0. The first kappa shape index (κ1) is 30.1. The van der Waals surface area contributed by atoms with Gasteiger partial charge in [-0.3, -0.25) is 4.79 Å². The molecule has 0 aliphatic rings. The smallest absolute Gasteiger partial charge is 0.408 e. The first-order valence-corrected chi connectivity index (χ1v) is 14.7. The van der Waals surface area contributed by atoms with Crippen molar-refractivity contribution in [1.82, 2.24) is 29.5 Å². The second kappa shape index (κ2) is 12.1. The van der Waals surface area contributed by atoms with Gasteiger partial charge in [-0.25, -0.2) is 14.8 Å². The van der Waals surface area contributed by atoms with Gasteiger partial charge in [-0.05, 0) is 82.5 Å². The number of benzene rings is 2. The summed E-state index contributed by atoms with van der Waals surface area (Å²) in [5.74, 6) is 1.43. The van der Waals surface area contributed by atoms with E-state index in [2.05, 4.69) is 30.3 Å². The lowest BCUT2D eigenvalue weighted by atomic mass is 10.1. The van der Waals surface area contributed by atoms with Crippen LogP contribution in [0.2, 0.25) is 5.02 Å². The van der Waals surface area contributed by atoms with E-state index in [0.717, 1.165) is 21.1 Å². The van der Waals surface area contributed by atoms with Crippen molar-refractivity contribution >= 4 is 67.8 Å². The summed E-state index contributed by atoms with van der Waals surface area (Å²) in [4.78, 5) is 33.8. The van der Waals surface area contributed by atoms with Crippen molar-refractivity contribution in [3.63, 3.8) is 0 Å². The molecular weight excluding hydrogens is 590 g/mol. The highest BCUT2D eigenvalue weighted by Gasteiger charge is 2.31. The first-order chi connectivity index (χ1) is 20.4. The molecule has 224 valence electrons. The lowest BCUT2D eigenvalue weighted by Gasteiger charge is -2.27. The minimum absolute atomic E-state index is 0.306. The van der Waals surface area contributed by atoms with Gasteiger partial charge in [0.2, 0.25) is 5.91 Å². The number of aromatic nitrogens is 4. The van der Waals surface area contributed by atoms with Crippen LogP contribution in [0.25, 0.3) is 21.1 Å². The standard InChI is InChI=1S/C30H32ClN7O4S/c1-29(2,3)42-28(40)37-30(4,5)27(39)32-12-14-38-13-11-21-25(38)26(34-17-33-21)36-18-9-10-23(20(31)15-18)41-22-7-6-8-24-19(22)16-35-43-24/h6-11,13,15-17H,12,14H2,1-5H3,(H,32,39)(H,37,40)(H,33,34,36). The highest BCUT2D eigenvalue weighted by molar-refractivity contribution is 7.13. The average molecular weight is 622 g/mol. The summed E-state index contributed by atoms with van der Waals surface area (Å²) in [5, 5.41) is 10.2. The number of rotatable bonds is 9. The monoisotopic (exact) mass is 621 g/mol. The zero-order chi connectivity index (χ0) is 30.8. The molecule has 5 rings (SSSR count). The van der Waals surface area contributed by atoms with Crippen LogP contribution in [0.1, 0.15) is 34.6 Å². The molecule has 2 amide bonds. The fourth-order valence-electron chi connectivity index (χ4n) is 4.31. The van der Waals surface area contributed by atoms with Crippen molar-refractivity contribution in [2.45, 2.75) is 52.3 Å². The predicted octanol–water partition coefficient (Wildman–Crippen LogP) is 6.65. The SMILES string of the molecule is CC(C)(C)OC(=O)NC(C)(C)C(=O)NCCn1ccc2ncnc(Nc3ccc(Oc4cccc5sncc45)c(Cl)c3)c21. The van der Waals surface area contributed by atoms with Crippen molar-refractivity contribution in [2.24, 2.45) is 0 Å². The van der Waals surface area contributed by atoms with E-state index in [0.29, 0.717) is 41.1 Å². The fraction of sp³-hybridized carbons (Fsp3) is 0.300. The fourth-order valence-corrected chi connectivity index (χ4v) is 5.19. The van der Waals surface area contributed by atoms with Crippen LogP contribution in [0.15, 0.2) is 61.2 Å². The molecule has 0 atom stereocenters. The quantitative estimate of drug-likeness (QED) is 0.167. The molecule has 3 N–H and O–H groups in total. The van der Waals surface area contributed by atoms with E-state index in [9.17, 15) is 9.59 Å². The molecule has 13 heteroatoms. The zero-order valence-electron chi connectivity index (χ0n) is 24.4. The number of nitrogens with zero attached hydrogens (tertiary/aromatic N) is 4. The summed E-state index contributed by atoms with van der Waals surface area (Å²) >= 11 is 8.01. The van der Waals surface area contributed by atoms with E-state index >= 15 is 0 Å². The van der Waals surface area contributed by atoms with Crippen molar-refractivity contribution in [2.75, 3.05) is 11.9 Å². The third-order valence-electron chi connectivity index (χ3n) is 6.34. The van der Waals surface area contributed by atoms with Gasteiger partial charge in [0, 0.05) is 25.0 Å². The maximum Gasteiger partial charge on any atom is 0.408 e. The highest BCUT2D eigenvalue weighted by Crippen LogP contribution is 2.36. The molecule has 0 bridgehead atoms. The van der Waals surface area contributed by atoms with Gasteiger partial charge in [0.1, 0.15) is 34.5 Å². The van der Waals surface area contributed by atoms with Gasteiger partial charge < -0.3 is 30.0 Å². The molecule has 0 fully saturated rings. The lowest BCUT2D eigenvalue weighted by molar-refractivity contribution is -0.126. The van der Waals surface area contributed by atoms with Crippen LogP contribution in [0.3, 0.4) is 0 Å². The van der Waals surface area contributed by atoms with Gasteiger partial charge in [-0.1, -0.05) is 17.7 Å². The zero-order valence-corrected chi connectivity index (χ0v) is 26.0. The van der Waals surface area contributed by atoms with Crippen LogP contribution in [0, 0.1) is 0 Å². The first-order valence-electron chi connectivity index (χ1n) is 13.6. The Morgan fingerprint density at radius 3 is 2.63 bits per heavy atom. The van der Waals surface area contributed by atoms with Crippen LogP contribution < -0.4 is 20.7 Å². The Morgan fingerprint density at radius 2 is 1.86 bits per heavy atom. The van der Waals surface area contributed by atoms with E-state index < -0.39 is 17.2 Å². The Kier molecular flexibility index (Phi) is 8.43. The van der Waals surface area contributed by atoms with E-state index in [-0.39, 0.29) is 5.91 Å². The second-order valence-electron chi connectivity index (χ2n) is 11.3. The number of carbonyl (C=O) groups is 2. The number of ether oxygens (including phenoxy) is 2. The summed E-state index contributed by atoms with van der Waals surface area (Å²) in [6.07, 6.45) is 4.48. The normalized spacial score (nSPS) is 11.9. The molecule has 3 aromatic heterocycles. The van der Waals surface area contributed by atoms with Gasteiger partial charge in [-0.2, -0.15) is 4.37 Å². The van der Waals surface area contributed by atoms with Gasteiger partial charge in [0.25, 0.3) is 0 Å². The van der Waals surface area contributed by atoms with Crippen LogP contribution in [0.4, 0.5) is 16.3 Å². The number of amides is 2. The molecule has 0 saturated carbocycles. The molecule has 11 nitrogen and oxygen atoms in total. The van der Waals surface area contributed by atoms with Crippen molar-refractivity contribution in [1.29, 1.82) is 0 Å². The Bertz CT molecular complexity index is 1790. The van der Waals surface area contributed by atoms with Gasteiger partial charge in [-0.15, -0.1) is 0 Å². The van der Waals surface area contributed by atoms with Crippen molar-refractivity contribution < 1.29 is 19.1 Å². The van der Waals surface area contributed by atoms with Crippen LogP contribution >= 0.6 is 23.1 Å². The Balaban J connectivity index is 1.25. The van der Waals surface area contributed by atoms with Crippen molar-refractivity contribution in [3.8, 4) is 11.5 Å². The summed E-state index contributed by atoms with van der Waals surface area (Å²) in [5.41, 5.74) is 0.372. The maximum absolute atomic E-state index is 12.8. The number of hydrogen-bond acceptors (Lipinski definition) is 9. The third-order valence-corrected chi connectivity index (χ3v) is 7.40. The Labute approximate surface area is 257 Å². The van der Waals surface area contributed by atoms with E-state index in [4.69, 9.17) is 21.1 Å². The maximum atomic E-state index is 12.8. The highest BCUT2D eigenvalue weighted by atomic mass is 35.5. The number of anilines is 2. The van der Waals surface area contributed by atoms with E-state index in [1.165, 1.54) is 17.9 Å². The topological polar surface area (TPSA) is 132 Å². The minimum atomic E-state index is -1.17. The Hall–Kier alpha value is -4.42. The van der Waals surface area contributed by atoms with E-state index in [1.54, 1.807) is 52.9 Å². The molecule has 0 radical (unpaired) electrons. The summed E-state index contributed by atoms with van der Waals surface area (Å²) in [6, 6.07) is 13.1. The van der Waals surface area contributed by atoms with Crippen LogP contribution in [-0.2, 0) is 16.1 Å². The van der Waals surface area contributed by atoms with Gasteiger partial charge in [0.05, 0.1) is 26.8 Å². The van der Waals surface area contributed by atoms with Crippen LogP contribution in [-0.4, -0.2) is 48.6 Å². The van der Waals surface area contributed by atoms with Gasteiger partial charge >= 0.3 is 6.09 Å². The largest absolute Gasteiger partial charge is 0.455 e.